The third kappa shape index (κ3) is 2.56. The lowest BCUT2D eigenvalue weighted by molar-refractivity contribution is 0.418. The summed E-state index contributed by atoms with van der Waals surface area (Å²) in [6.07, 6.45) is 4.13. The van der Waals surface area contributed by atoms with Crippen molar-refractivity contribution in [2.24, 2.45) is 5.41 Å². The van der Waals surface area contributed by atoms with Crippen molar-refractivity contribution in [3.63, 3.8) is 0 Å². The molecule has 0 bridgehead atoms. The molecular formula is C16H20N2. The predicted octanol–water partition coefficient (Wildman–Crippen LogP) is 4.28. The molecule has 0 amide bonds. The summed E-state index contributed by atoms with van der Waals surface area (Å²) in [5.74, 6) is 0. The van der Waals surface area contributed by atoms with Crippen molar-refractivity contribution in [1.82, 2.24) is 4.57 Å². The SMILES string of the molecule is Cc1cccc2c1ccn2CCCC(C)(C)C#N. The highest BCUT2D eigenvalue weighted by Gasteiger charge is 2.15. The van der Waals surface area contributed by atoms with Gasteiger partial charge < -0.3 is 4.57 Å². The van der Waals surface area contributed by atoms with E-state index in [2.05, 4.69) is 48.0 Å². The van der Waals surface area contributed by atoms with Crippen molar-refractivity contribution in [3.05, 3.63) is 36.0 Å². The van der Waals surface area contributed by atoms with E-state index in [4.69, 9.17) is 5.26 Å². The van der Waals surface area contributed by atoms with Crippen LogP contribution in [0.4, 0.5) is 0 Å². The fourth-order valence-corrected chi connectivity index (χ4v) is 2.32. The number of aryl methyl sites for hydroxylation is 2. The van der Waals surface area contributed by atoms with Crippen LogP contribution in [0.3, 0.4) is 0 Å². The van der Waals surface area contributed by atoms with Gasteiger partial charge in [-0.25, -0.2) is 0 Å². The van der Waals surface area contributed by atoms with Gasteiger partial charge in [0.05, 0.1) is 11.5 Å². The molecule has 0 radical (unpaired) electrons. The van der Waals surface area contributed by atoms with Crippen molar-refractivity contribution < 1.29 is 0 Å². The highest BCUT2D eigenvalue weighted by molar-refractivity contribution is 5.83. The minimum atomic E-state index is -0.209. The predicted molar refractivity (Wildman–Crippen MR) is 75.3 cm³/mol. The lowest BCUT2D eigenvalue weighted by Crippen LogP contribution is -2.09. The summed E-state index contributed by atoms with van der Waals surface area (Å²) in [6, 6.07) is 11.0. The third-order valence-electron chi connectivity index (χ3n) is 3.54. The average molecular weight is 240 g/mol. The second kappa shape index (κ2) is 4.86. The second-order valence-corrected chi connectivity index (χ2v) is 5.62. The third-order valence-corrected chi connectivity index (χ3v) is 3.54. The molecule has 18 heavy (non-hydrogen) atoms. The van der Waals surface area contributed by atoms with Gasteiger partial charge in [-0.3, -0.25) is 0 Å². The average Bonchev–Trinajstić information content (AvgIpc) is 2.74. The number of nitriles is 1. The summed E-state index contributed by atoms with van der Waals surface area (Å²) in [5.41, 5.74) is 2.41. The van der Waals surface area contributed by atoms with E-state index in [-0.39, 0.29) is 5.41 Å². The maximum Gasteiger partial charge on any atom is 0.0683 e. The van der Waals surface area contributed by atoms with Crippen LogP contribution in [0, 0.1) is 23.7 Å². The Labute approximate surface area is 109 Å². The first kappa shape index (κ1) is 12.7. The van der Waals surface area contributed by atoms with E-state index < -0.39 is 0 Å². The van der Waals surface area contributed by atoms with Crippen LogP contribution in [0.5, 0.6) is 0 Å². The molecule has 0 atom stereocenters. The number of rotatable bonds is 4. The van der Waals surface area contributed by atoms with Gasteiger partial charge in [-0.05, 0) is 51.3 Å². The zero-order valence-corrected chi connectivity index (χ0v) is 11.4. The van der Waals surface area contributed by atoms with Gasteiger partial charge in [0.2, 0.25) is 0 Å². The Morgan fingerprint density at radius 2 is 2.06 bits per heavy atom. The standard InChI is InChI=1S/C16H20N2/c1-13-6-4-7-15-14(13)8-11-18(15)10-5-9-16(2,3)12-17/h4,6-8,11H,5,9-10H2,1-3H3. The second-order valence-electron chi connectivity index (χ2n) is 5.62. The fourth-order valence-electron chi connectivity index (χ4n) is 2.32. The summed E-state index contributed by atoms with van der Waals surface area (Å²) in [5, 5.41) is 10.3. The Kier molecular flexibility index (Phi) is 3.43. The van der Waals surface area contributed by atoms with Crippen LogP contribution in [0.2, 0.25) is 0 Å². The van der Waals surface area contributed by atoms with Gasteiger partial charge >= 0.3 is 0 Å². The smallest absolute Gasteiger partial charge is 0.0683 e. The van der Waals surface area contributed by atoms with E-state index in [1.165, 1.54) is 16.5 Å². The molecule has 0 unspecified atom stereocenters. The topological polar surface area (TPSA) is 28.7 Å². The Morgan fingerprint density at radius 1 is 1.28 bits per heavy atom. The van der Waals surface area contributed by atoms with Gasteiger partial charge in [0.25, 0.3) is 0 Å². The van der Waals surface area contributed by atoms with Gasteiger partial charge in [0.1, 0.15) is 0 Å². The molecule has 2 nitrogen and oxygen atoms in total. The quantitative estimate of drug-likeness (QED) is 0.784. The summed E-state index contributed by atoms with van der Waals surface area (Å²) < 4.78 is 2.29. The number of hydrogen-bond donors (Lipinski definition) is 0. The van der Waals surface area contributed by atoms with Crippen LogP contribution in [0.15, 0.2) is 30.5 Å². The Balaban J connectivity index is 2.10. The van der Waals surface area contributed by atoms with Crippen LogP contribution >= 0.6 is 0 Å². The zero-order chi connectivity index (χ0) is 13.2. The highest BCUT2D eigenvalue weighted by atomic mass is 14.9. The molecule has 1 aromatic carbocycles. The minimum absolute atomic E-state index is 0.209. The molecule has 0 fully saturated rings. The van der Waals surface area contributed by atoms with Crippen LogP contribution in [0.1, 0.15) is 32.3 Å². The number of fused-ring (bicyclic) bond motifs is 1. The van der Waals surface area contributed by atoms with E-state index in [1.807, 2.05) is 13.8 Å². The first-order chi connectivity index (χ1) is 8.53. The van der Waals surface area contributed by atoms with Gasteiger partial charge in [-0.2, -0.15) is 5.26 Å². The molecule has 0 spiro atoms. The van der Waals surface area contributed by atoms with Crippen molar-refractivity contribution in [2.45, 2.75) is 40.2 Å². The van der Waals surface area contributed by atoms with Crippen molar-refractivity contribution in [3.8, 4) is 6.07 Å². The Bertz CT molecular complexity index is 585. The zero-order valence-electron chi connectivity index (χ0n) is 11.4. The molecule has 0 aliphatic rings. The Hall–Kier alpha value is -1.75. The molecule has 0 aliphatic heterocycles. The largest absolute Gasteiger partial charge is 0.347 e. The van der Waals surface area contributed by atoms with Crippen LogP contribution < -0.4 is 0 Å². The van der Waals surface area contributed by atoms with Crippen LogP contribution in [-0.2, 0) is 6.54 Å². The molecule has 0 aliphatic carbocycles. The minimum Gasteiger partial charge on any atom is -0.347 e. The number of benzene rings is 1. The molecule has 1 heterocycles. The molecule has 94 valence electrons. The lowest BCUT2D eigenvalue weighted by Gasteiger charge is -2.15. The Morgan fingerprint density at radius 3 is 2.78 bits per heavy atom. The van der Waals surface area contributed by atoms with E-state index in [0.717, 1.165) is 19.4 Å². The molecule has 0 saturated heterocycles. The van der Waals surface area contributed by atoms with Crippen LogP contribution in [0.25, 0.3) is 10.9 Å². The fraction of sp³-hybridized carbons (Fsp3) is 0.438. The maximum absolute atomic E-state index is 9.00. The van der Waals surface area contributed by atoms with E-state index in [1.54, 1.807) is 0 Å². The first-order valence-electron chi connectivity index (χ1n) is 6.49. The lowest BCUT2D eigenvalue weighted by atomic mass is 9.90. The normalized spacial score (nSPS) is 11.7. The molecule has 1 aromatic heterocycles. The van der Waals surface area contributed by atoms with E-state index in [0.29, 0.717) is 0 Å². The van der Waals surface area contributed by atoms with Gasteiger partial charge in [0.15, 0.2) is 0 Å². The van der Waals surface area contributed by atoms with E-state index >= 15 is 0 Å². The van der Waals surface area contributed by atoms with Crippen molar-refractivity contribution in [2.75, 3.05) is 0 Å². The number of hydrogen-bond acceptors (Lipinski definition) is 1. The van der Waals surface area contributed by atoms with Crippen LogP contribution in [-0.4, -0.2) is 4.57 Å². The number of nitrogens with zero attached hydrogens (tertiary/aromatic N) is 2. The first-order valence-corrected chi connectivity index (χ1v) is 6.49. The van der Waals surface area contributed by atoms with Crippen molar-refractivity contribution in [1.29, 1.82) is 5.26 Å². The molecule has 0 N–H and O–H groups in total. The van der Waals surface area contributed by atoms with Crippen molar-refractivity contribution >= 4 is 10.9 Å². The summed E-state index contributed by atoms with van der Waals surface area (Å²) >= 11 is 0. The molecule has 2 aromatic rings. The highest BCUT2D eigenvalue weighted by Crippen LogP contribution is 2.23. The van der Waals surface area contributed by atoms with Gasteiger partial charge in [-0.1, -0.05) is 12.1 Å². The van der Waals surface area contributed by atoms with Gasteiger partial charge in [0, 0.05) is 23.6 Å². The molecule has 0 saturated carbocycles. The van der Waals surface area contributed by atoms with Gasteiger partial charge in [-0.15, -0.1) is 0 Å². The molecule has 2 heteroatoms. The van der Waals surface area contributed by atoms with E-state index in [9.17, 15) is 0 Å². The maximum atomic E-state index is 9.00. The molecular weight excluding hydrogens is 220 g/mol. The summed E-state index contributed by atoms with van der Waals surface area (Å²) in [7, 11) is 0. The summed E-state index contributed by atoms with van der Waals surface area (Å²) in [6.45, 7) is 7.14. The molecule has 2 rings (SSSR count). The number of aromatic nitrogens is 1. The summed E-state index contributed by atoms with van der Waals surface area (Å²) in [4.78, 5) is 0. The monoisotopic (exact) mass is 240 g/mol.